The highest BCUT2D eigenvalue weighted by atomic mass is 79.9. The Morgan fingerprint density at radius 1 is 1.50 bits per heavy atom. The molecular formula is C5H6Br2N2S. The Labute approximate surface area is 81.9 Å². The van der Waals surface area contributed by atoms with E-state index >= 15 is 0 Å². The lowest BCUT2D eigenvalue weighted by Gasteiger charge is -1.83. The summed E-state index contributed by atoms with van der Waals surface area (Å²) in [6.07, 6.45) is 0. The van der Waals surface area contributed by atoms with Crippen LogP contribution in [0.4, 0.5) is 0 Å². The van der Waals surface area contributed by atoms with Crippen molar-refractivity contribution in [3.8, 4) is 0 Å². The van der Waals surface area contributed by atoms with Gasteiger partial charge in [0.25, 0.3) is 0 Å². The minimum Gasteiger partial charge on any atom is -0.306 e. The van der Waals surface area contributed by atoms with Gasteiger partial charge in [0.05, 0.1) is 5.69 Å². The molecule has 0 bridgehead atoms. The summed E-state index contributed by atoms with van der Waals surface area (Å²) in [5, 5.41) is 3.22. The van der Waals surface area contributed by atoms with E-state index in [1.54, 1.807) is 11.3 Å². The number of aromatic nitrogens is 1. The molecule has 0 spiro atoms. The van der Waals surface area contributed by atoms with E-state index in [1.165, 1.54) is 10.6 Å². The van der Waals surface area contributed by atoms with Crippen LogP contribution >= 0.6 is 44.2 Å². The van der Waals surface area contributed by atoms with Crippen molar-refractivity contribution < 1.29 is 0 Å². The molecule has 0 unspecified atom stereocenters. The van der Waals surface area contributed by atoms with Crippen LogP contribution in [0.2, 0.25) is 0 Å². The molecule has 2 nitrogen and oxygen atoms in total. The Balaban J connectivity index is 0.000000500. The van der Waals surface area contributed by atoms with Gasteiger partial charge in [-0.3, -0.25) is 0 Å². The quantitative estimate of drug-likeness (QED) is 0.790. The van der Waals surface area contributed by atoms with E-state index in [0.29, 0.717) is 0 Å². The molecule has 0 fully saturated rings. The fraction of sp³-hybridized carbons (Fsp3) is 0.400. The van der Waals surface area contributed by atoms with Crippen LogP contribution in [0, 0.1) is 0 Å². The lowest BCUT2D eigenvalue weighted by atomic mass is 10.4. The van der Waals surface area contributed by atoms with Crippen LogP contribution in [0.3, 0.4) is 0 Å². The molecule has 1 aliphatic rings. The SMILES string of the molecule is Br.Brc1nc2c(s1)CNC2. The van der Waals surface area contributed by atoms with Crippen molar-refractivity contribution >= 4 is 44.2 Å². The van der Waals surface area contributed by atoms with Crippen LogP contribution in [0.25, 0.3) is 0 Å². The van der Waals surface area contributed by atoms with Crippen molar-refractivity contribution in [1.29, 1.82) is 0 Å². The van der Waals surface area contributed by atoms with E-state index < -0.39 is 0 Å². The van der Waals surface area contributed by atoms with Gasteiger partial charge in [0.2, 0.25) is 0 Å². The normalized spacial score (nSPS) is 14.5. The summed E-state index contributed by atoms with van der Waals surface area (Å²) in [6.45, 7) is 1.94. The number of halogens is 2. The number of nitrogens with one attached hydrogen (secondary N) is 1. The van der Waals surface area contributed by atoms with Gasteiger partial charge in [0.1, 0.15) is 0 Å². The maximum absolute atomic E-state index is 4.26. The lowest BCUT2D eigenvalue weighted by molar-refractivity contribution is 0.757. The average Bonchev–Trinajstić information content (AvgIpc) is 2.22. The van der Waals surface area contributed by atoms with Crippen LogP contribution in [0.15, 0.2) is 3.92 Å². The smallest absolute Gasteiger partial charge is 0.159 e. The zero-order valence-corrected chi connectivity index (χ0v) is 9.17. The van der Waals surface area contributed by atoms with Crippen molar-refractivity contribution in [3.05, 3.63) is 14.5 Å². The molecule has 0 radical (unpaired) electrons. The molecule has 1 aromatic heterocycles. The molecule has 0 aromatic carbocycles. The van der Waals surface area contributed by atoms with Crippen LogP contribution in [0.5, 0.6) is 0 Å². The summed E-state index contributed by atoms with van der Waals surface area (Å²) < 4.78 is 1.01. The molecule has 56 valence electrons. The molecule has 10 heavy (non-hydrogen) atoms. The van der Waals surface area contributed by atoms with Crippen LogP contribution < -0.4 is 5.32 Å². The zero-order chi connectivity index (χ0) is 6.27. The summed E-state index contributed by atoms with van der Waals surface area (Å²) in [6, 6.07) is 0. The Morgan fingerprint density at radius 2 is 2.30 bits per heavy atom. The zero-order valence-electron chi connectivity index (χ0n) is 5.06. The first kappa shape index (κ1) is 8.64. The fourth-order valence-electron chi connectivity index (χ4n) is 0.923. The van der Waals surface area contributed by atoms with E-state index in [9.17, 15) is 0 Å². The van der Waals surface area contributed by atoms with Gasteiger partial charge in [-0.2, -0.15) is 0 Å². The van der Waals surface area contributed by atoms with E-state index in [1.807, 2.05) is 0 Å². The molecule has 2 rings (SSSR count). The van der Waals surface area contributed by atoms with Gasteiger partial charge in [-0.05, 0) is 15.9 Å². The molecule has 1 N–H and O–H groups in total. The molecule has 1 aliphatic heterocycles. The molecule has 0 saturated heterocycles. The van der Waals surface area contributed by atoms with Crippen LogP contribution in [0.1, 0.15) is 10.6 Å². The first-order valence-corrected chi connectivity index (χ1v) is 4.32. The number of nitrogens with zero attached hydrogens (tertiary/aromatic N) is 1. The predicted molar refractivity (Wildman–Crippen MR) is 50.7 cm³/mol. The number of hydrogen-bond donors (Lipinski definition) is 1. The summed E-state index contributed by atoms with van der Waals surface area (Å²) in [4.78, 5) is 5.64. The first-order valence-electron chi connectivity index (χ1n) is 2.71. The largest absolute Gasteiger partial charge is 0.306 e. The number of hydrogen-bond acceptors (Lipinski definition) is 3. The Bertz CT molecular complexity index is 214. The number of fused-ring (bicyclic) bond motifs is 1. The third-order valence-corrected chi connectivity index (χ3v) is 2.88. The lowest BCUT2D eigenvalue weighted by Crippen LogP contribution is -2.01. The minimum atomic E-state index is 0. The molecule has 0 amide bonds. The van der Waals surface area contributed by atoms with Gasteiger partial charge < -0.3 is 5.32 Å². The van der Waals surface area contributed by atoms with Crippen molar-refractivity contribution in [2.24, 2.45) is 0 Å². The minimum absolute atomic E-state index is 0. The molecule has 5 heteroatoms. The monoisotopic (exact) mass is 284 g/mol. The summed E-state index contributed by atoms with van der Waals surface area (Å²) in [5.41, 5.74) is 1.21. The second-order valence-corrected chi connectivity index (χ2v) is 4.30. The summed E-state index contributed by atoms with van der Waals surface area (Å²) in [5.74, 6) is 0. The van der Waals surface area contributed by atoms with Crippen LogP contribution in [-0.2, 0) is 13.1 Å². The molecule has 0 atom stereocenters. The molecule has 0 aliphatic carbocycles. The maximum Gasteiger partial charge on any atom is 0.159 e. The molecule has 0 saturated carbocycles. The Morgan fingerprint density at radius 3 is 3.00 bits per heavy atom. The Kier molecular flexibility index (Phi) is 2.85. The van der Waals surface area contributed by atoms with Crippen molar-refractivity contribution in [1.82, 2.24) is 10.3 Å². The highest BCUT2D eigenvalue weighted by Crippen LogP contribution is 2.25. The predicted octanol–water partition coefficient (Wildman–Crippen LogP) is 2.09. The second-order valence-electron chi connectivity index (χ2n) is 1.94. The van der Waals surface area contributed by atoms with Gasteiger partial charge in [0, 0.05) is 18.0 Å². The van der Waals surface area contributed by atoms with E-state index in [4.69, 9.17) is 0 Å². The standard InChI is InChI=1S/C5H5BrN2S.BrH/c6-5-8-3-1-7-2-4(3)9-5;/h7H,1-2H2;1H. The third-order valence-electron chi connectivity index (χ3n) is 1.33. The Hall–Kier alpha value is 0.550. The highest BCUT2D eigenvalue weighted by molar-refractivity contribution is 9.11. The molecule has 2 heterocycles. The van der Waals surface area contributed by atoms with Gasteiger partial charge in [-0.1, -0.05) is 0 Å². The van der Waals surface area contributed by atoms with Gasteiger partial charge in [-0.15, -0.1) is 28.3 Å². The first-order chi connectivity index (χ1) is 4.36. The summed E-state index contributed by atoms with van der Waals surface area (Å²) in [7, 11) is 0. The number of thiazole rings is 1. The second kappa shape index (κ2) is 3.30. The average molecular weight is 286 g/mol. The van der Waals surface area contributed by atoms with E-state index in [2.05, 4.69) is 26.2 Å². The third kappa shape index (κ3) is 1.42. The van der Waals surface area contributed by atoms with Gasteiger partial charge in [0.15, 0.2) is 3.92 Å². The molecule has 1 aromatic rings. The van der Waals surface area contributed by atoms with Gasteiger partial charge >= 0.3 is 0 Å². The van der Waals surface area contributed by atoms with Crippen molar-refractivity contribution in [3.63, 3.8) is 0 Å². The van der Waals surface area contributed by atoms with Crippen molar-refractivity contribution in [2.75, 3.05) is 0 Å². The number of rotatable bonds is 0. The van der Waals surface area contributed by atoms with Gasteiger partial charge in [-0.25, -0.2) is 4.98 Å². The van der Waals surface area contributed by atoms with Crippen LogP contribution in [-0.4, -0.2) is 4.98 Å². The topological polar surface area (TPSA) is 24.9 Å². The maximum atomic E-state index is 4.26. The van der Waals surface area contributed by atoms with E-state index in [-0.39, 0.29) is 17.0 Å². The van der Waals surface area contributed by atoms with E-state index in [0.717, 1.165) is 17.0 Å². The highest BCUT2D eigenvalue weighted by Gasteiger charge is 2.14. The fourth-order valence-corrected chi connectivity index (χ4v) is 2.49. The van der Waals surface area contributed by atoms with Crippen molar-refractivity contribution in [2.45, 2.75) is 13.1 Å². The summed E-state index contributed by atoms with van der Waals surface area (Å²) >= 11 is 5.06. The molecular weight excluding hydrogens is 280 g/mol.